The highest BCUT2D eigenvalue weighted by molar-refractivity contribution is 7.99. The molecule has 1 N–H and O–H groups in total. The fourth-order valence-corrected chi connectivity index (χ4v) is 4.24. The first kappa shape index (κ1) is 22.0. The zero-order chi connectivity index (χ0) is 22.3. The molecular weight excluding hydrogens is 444 g/mol. The topological polar surface area (TPSA) is 94.8 Å². The third-order valence-electron chi connectivity index (χ3n) is 4.47. The van der Waals surface area contributed by atoms with Gasteiger partial charge in [0.05, 0.1) is 12.3 Å². The molecule has 0 atom stereocenters. The Morgan fingerprint density at radius 2 is 1.81 bits per heavy atom. The minimum absolute atomic E-state index is 0.169. The summed E-state index contributed by atoms with van der Waals surface area (Å²) < 4.78 is 7.90. The van der Waals surface area contributed by atoms with Crippen LogP contribution in [0.5, 0.6) is 5.75 Å². The third-order valence-corrected chi connectivity index (χ3v) is 6.19. The van der Waals surface area contributed by atoms with E-state index in [1.165, 1.54) is 28.7 Å². The Morgan fingerprint density at radius 3 is 2.53 bits per heavy atom. The SMILES string of the molecule is Cc1ccc(OCc2nnc(SCC(=O)Nc3nnc(C)s3)n2Cc2ccccc2)cc1. The zero-order valence-electron chi connectivity index (χ0n) is 17.7. The minimum Gasteiger partial charge on any atom is -0.486 e. The van der Waals surface area contributed by atoms with Gasteiger partial charge in [0.15, 0.2) is 11.0 Å². The molecule has 2 heterocycles. The van der Waals surface area contributed by atoms with Crippen molar-refractivity contribution in [1.29, 1.82) is 0 Å². The molecule has 2 aromatic carbocycles. The quantitative estimate of drug-likeness (QED) is 0.371. The van der Waals surface area contributed by atoms with Gasteiger partial charge in [0.25, 0.3) is 0 Å². The molecule has 164 valence electrons. The number of hydrogen-bond acceptors (Lipinski definition) is 8. The zero-order valence-corrected chi connectivity index (χ0v) is 19.3. The van der Waals surface area contributed by atoms with Crippen molar-refractivity contribution in [1.82, 2.24) is 25.0 Å². The summed E-state index contributed by atoms with van der Waals surface area (Å²) >= 11 is 2.66. The number of aromatic nitrogens is 5. The molecule has 1 amide bonds. The molecule has 0 unspecified atom stereocenters. The van der Waals surface area contributed by atoms with Crippen molar-refractivity contribution < 1.29 is 9.53 Å². The van der Waals surface area contributed by atoms with Gasteiger partial charge in [-0.2, -0.15) is 0 Å². The number of rotatable bonds is 9. The number of amides is 1. The van der Waals surface area contributed by atoms with E-state index in [1.54, 1.807) is 0 Å². The summed E-state index contributed by atoms with van der Waals surface area (Å²) in [5.74, 6) is 1.48. The van der Waals surface area contributed by atoms with Gasteiger partial charge in [0.2, 0.25) is 11.0 Å². The predicted molar refractivity (Wildman–Crippen MR) is 125 cm³/mol. The van der Waals surface area contributed by atoms with Gasteiger partial charge < -0.3 is 4.74 Å². The average Bonchev–Trinajstić information content (AvgIpc) is 3.38. The molecule has 4 aromatic rings. The van der Waals surface area contributed by atoms with Gasteiger partial charge >= 0.3 is 0 Å². The first-order valence-corrected chi connectivity index (χ1v) is 11.8. The lowest BCUT2D eigenvalue weighted by Gasteiger charge is -2.11. The summed E-state index contributed by atoms with van der Waals surface area (Å²) in [5.41, 5.74) is 2.28. The van der Waals surface area contributed by atoms with Gasteiger partial charge in [-0.25, -0.2) is 0 Å². The van der Waals surface area contributed by atoms with Gasteiger partial charge in [-0.05, 0) is 31.5 Å². The van der Waals surface area contributed by atoms with Crippen molar-refractivity contribution in [3.63, 3.8) is 0 Å². The predicted octanol–water partition coefficient (Wildman–Crippen LogP) is 4.10. The number of aryl methyl sites for hydroxylation is 2. The molecule has 32 heavy (non-hydrogen) atoms. The second kappa shape index (κ2) is 10.4. The van der Waals surface area contributed by atoms with Gasteiger partial charge in [-0.1, -0.05) is 71.1 Å². The highest BCUT2D eigenvalue weighted by Crippen LogP contribution is 2.21. The summed E-state index contributed by atoms with van der Waals surface area (Å²) in [7, 11) is 0. The maximum absolute atomic E-state index is 12.3. The van der Waals surface area contributed by atoms with Gasteiger partial charge in [-0.15, -0.1) is 20.4 Å². The molecule has 0 radical (unpaired) electrons. The maximum atomic E-state index is 12.3. The molecule has 0 aliphatic carbocycles. The van der Waals surface area contributed by atoms with E-state index in [0.717, 1.165) is 16.3 Å². The van der Waals surface area contributed by atoms with E-state index < -0.39 is 0 Å². The van der Waals surface area contributed by atoms with Gasteiger partial charge in [0.1, 0.15) is 17.4 Å². The number of hydrogen-bond donors (Lipinski definition) is 1. The van der Waals surface area contributed by atoms with Crippen LogP contribution < -0.4 is 10.1 Å². The van der Waals surface area contributed by atoms with E-state index in [1.807, 2.05) is 73.0 Å². The van der Waals surface area contributed by atoms with Crippen molar-refractivity contribution in [2.24, 2.45) is 0 Å². The number of carbonyl (C=O) groups excluding carboxylic acids is 1. The normalized spacial score (nSPS) is 10.8. The number of anilines is 1. The Balaban J connectivity index is 1.46. The van der Waals surface area contributed by atoms with Crippen molar-refractivity contribution in [2.75, 3.05) is 11.1 Å². The molecule has 0 bridgehead atoms. The van der Waals surface area contributed by atoms with Crippen LogP contribution in [0, 0.1) is 13.8 Å². The van der Waals surface area contributed by atoms with Crippen LogP contribution in [0.2, 0.25) is 0 Å². The Morgan fingerprint density at radius 1 is 1.03 bits per heavy atom. The van der Waals surface area contributed by atoms with E-state index in [9.17, 15) is 4.79 Å². The van der Waals surface area contributed by atoms with Gasteiger partial charge in [-0.3, -0.25) is 14.7 Å². The molecule has 0 saturated carbocycles. The smallest absolute Gasteiger partial charge is 0.236 e. The number of thioether (sulfide) groups is 1. The lowest BCUT2D eigenvalue weighted by Crippen LogP contribution is -2.15. The van der Waals surface area contributed by atoms with E-state index in [2.05, 4.69) is 25.7 Å². The standard InChI is InChI=1S/C22H22N6O2S2/c1-15-8-10-18(11-9-15)30-13-19-25-27-22(28(19)12-17-6-4-3-5-7-17)31-14-20(29)23-21-26-24-16(2)32-21/h3-11H,12-14H2,1-2H3,(H,23,26,29). The van der Waals surface area contributed by atoms with Crippen LogP contribution in [0.1, 0.15) is 22.0 Å². The average molecular weight is 467 g/mol. The fraction of sp³-hybridized carbons (Fsp3) is 0.227. The Hall–Kier alpha value is -3.24. The number of ether oxygens (including phenoxy) is 1. The third kappa shape index (κ3) is 5.92. The molecule has 4 rings (SSSR count). The maximum Gasteiger partial charge on any atom is 0.236 e. The summed E-state index contributed by atoms with van der Waals surface area (Å²) in [6.45, 7) is 4.74. The summed E-state index contributed by atoms with van der Waals surface area (Å²) in [5, 5.41) is 21.2. The second-order valence-corrected chi connectivity index (χ2v) is 9.16. The molecule has 0 saturated heterocycles. The molecule has 8 nitrogen and oxygen atoms in total. The molecule has 0 fully saturated rings. The molecule has 0 spiro atoms. The van der Waals surface area contributed by atoms with Crippen LogP contribution in [0.3, 0.4) is 0 Å². The molecule has 10 heteroatoms. The van der Waals surface area contributed by atoms with Crippen LogP contribution >= 0.6 is 23.1 Å². The minimum atomic E-state index is -0.169. The lowest BCUT2D eigenvalue weighted by molar-refractivity contribution is -0.113. The highest BCUT2D eigenvalue weighted by Gasteiger charge is 2.16. The van der Waals surface area contributed by atoms with Crippen LogP contribution in [-0.4, -0.2) is 36.6 Å². The van der Waals surface area contributed by atoms with Crippen LogP contribution in [-0.2, 0) is 17.9 Å². The highest BCUT2D eigenvalue weighted by atomic mass is 32.2. The molecule has 2 aromatic heterocycles. The van der Waals surface area contributed by atoms with Crippen LogP contribution in [0.15, 0.2) is 59.8 Å². The Labute approximate surface area is 194 Å². The van der Waals surface area contributed by atoms with Crippen molar-refractivity contribution in [3.8, 4) is 5.75 Å². The van der Waals surface area contributed by atoms with E-state index in [-0.39, 0.29) is 18.3 Å². The fourth-order valence-electron chi connectivity index (χ4n) is 2.87. The number of benzene rings is 2. The van der Waals surface area contributed by atoms with Gasteiger partial charge in [0, 0.05) is 0 Å². The molecule has 0 aliphatic heterocycles. The summed E-state index contributed by atoms with van der Waals surface area (Å²) in [6, 6.07) is 17.9. The van der Waals surface area contributed by atoms with Crippen molar-refractivity contribution in [3.05, 3.63) is 76.6 Å². The van der Waals surface area contributed by atoms with Crippen LogP contribution in [0.4, 0.5) is 5.13 Å². The number of carbonyl (C=O) groups is 1. The number of nitrogens with zero attached hydrogens (tertiary/aromatic N) is 5. The van der Waals surface area contributed by atoms with Crippen LogP contribution in [0.25, 0.3) is 0 Å². The summed E-state index contributed by atoms with van der Waals surface area (Å²) in [6.07, 6.45) is 0. The Kier molecular flexibility index (Phi) is 7.13. The number of nitrogens with one attached hydrogen (secondary N) is 1. The van der Waals surface area contributed by atoms with E-state index in [0.29, 0.717) is 22.7 Å². The lowest BCUT2D eigenvalue weighted by atomic mass is 10.2. The van der Waals surface area contributed by atoms with E-state index >= 15 is 0 Å². The van der Waals surface area contributed by atoms with Crippen molar-refractivity contribution in [2.45, 2.75) is 32.2 Å². The first-order chi connectivity index (χ1) is 15.6. The second-order valence-electron chi connectivity index (χ2n) is 7.04. The summed E-state index contributed by atoms with van der Waals surface area (Å²) in [4.78, 5) is 12.3. The Bertz CT molecular complexity index is 1170. The van der Waals surface area contributed by atoms with Crippen molar-refractivity contribution >= 4 is 34.1 Å². The monoisotopic (exact) mass is 466 g/mol. The molecular formula is C22H22N6O2S2. The molecule has 0 aliphatic rings. The first-order valence-electron chi connectivity index (χ1n) is 9.95. The van der Waals surface area contributed by atoms with E-state index in [4.69, 9.17) is 4.74 Å². The largest absolute Gasteiger partial charge is 0.486 e.